The zero-order valence-corrected chi connectivity index (χ0v) is 33.3. The van der Waals surface area contributed by atoms with E-state index in [0.29, 0.717) is 22.8 Å². The summed E-state index contributed by atoms with van der Waals surface area (Å²) in [5.41, 5.74) is 5.66. The van der Waals surface area contributed by atoms with Crippen LogP contribution in [0.4, 0.5) is 0 Å². The summed E-state index contributed by atoms with van der Waals surface area (Å²) in [7, 11) is -2.67. The number of benzene rings is 2. The normalized spacial score (nSPS) is 14.0. The second kappa shape index (κ2) is 21.5. The molecule has 0 aliphatic heterocycles. The average Bonchev–Trinajstić information content (AvgIpc) is 3.81. The van der Waals surface area contributed by atoms with Gasteiger partial charge in [-0.05, 0) is 128 Å². The van der Waals surface area contributed by atoms with Crippen LogP contribution in [0.2, 0.25) is 0 Å². The third-order valence-corrected chi connectivity index (χ3v) is 9.77. The van der Waals surface area contributed by atoms with E-state index < -0.39 is 9.84 Å². The monoisotopic (exact) mass is 752 g/mol. The van der Waals surface area contributed by atoms with Gasteiger partial charge in [-0.2, -0.15) is 11.3 Å². The summed E-state index contributed by atoms with van der Waals surface area (Å²) in [5.74, 6) is 2.09. The summed E-state index contributed by atoms with van der Waals surface area (Å²) in [5, 5.41) is 7.37. The number of nitrogens with zero attached hydrogens (tertiary/aromatic N) is 1. The molecule has 288 valence electrons. The molecule has 9 heteroatoms. The summed E-state index contributed by atoms with van der Waals surface area (Å²) in [6.45, 7) is 7.86. The Kier molecular flexibility index (Phi) is 17.6. The fourth-order valence-electron chi connectivity index (χ4n) is 5.71. The van der Waals surface area contributed by atoms with Crippen molar-refractivity contribution in [1.29, 1.82) is 0 Å². The predicted molar refractivity (Wildman–Crippen MR) is 222 cm³/mol. The highest BCUT2D eigenvalue weighted by Gasteiger charge is 2.23. The van der Waals surface area contributed by atoms with Crippen LogP contribution < -0.4 is 5.32 Å². The van der Waals surface area contributed by atoms with E-state index in [2.05, 4.69) is 53.1 Å². The van der Waals surface area contributed by atoms with E-state index >= 15 is 0 Å². The SMILES string of the molecule is CC(=O)c1cc(CCc2ccccc2)cc(C(=O)NC(C)c2cccnc2)c1.CS(C)(=O)=O.C[C@H](CC[C@@H](C)C(=O)CCC1CC1)Cc1ccsc1.[HH].[HH].[HH].[HH]. The van der Waals surface area contributed by atoms with Crippen molar-refractivity contribution in [1.82, 2.24) is 10.3 Å². The van der Waals surface area contributed by atoms with Gasteiger partial charge in [0.2, 0.25) is 0 Å². The van der Waals surface area contributed by atoms with Crippen molar-refractivity contribution in [2.45, 2.75) is 91.5 Å². The standard InChI is InChI=1S/C24H24N2O2.C17H26OS.C2H6O2S.4H2/c1-17(21-9-6-12-25-16-21)26-24(28)23-14-20(13-22(15-23)18(2)27)11-10-19-7-4-3-5-8-19;1-13(11-16-9-10-19-12-16)3-4-14(2)17(18)8-7-15-5-6-15;1-5(2,3)4;;;;/h3-9,12-17H,10-11H2,1-2H3,(H,26,28);9-10,12-15H,3-8,11H2,1-2H3;1-2H3;4*1H/t;13-,14-;;;;;/m.1...../s1. The molecule has 0 radical (unpaired) electrons. The second-order valence-corrected chi connectivity index (χ2v) is 17.5. The van der Waals surface area contributed by atoms with Crippen LogP contribution in [-0.4, -0.2) is 43.4 Å². The maximum Gasteiger partial charge on any atom is 0.251 e. The molecule has 0 saturated heterocycles. The summed E-state index contributed by atoms with van der Waals surface area (Å²) in [6.07, 6.45) is 15.5. The quantitative estimate of drug-likeness (QED) is 0.114. The van der Waals surface area contributed by atoms with E-state index in [1.54, 1.807) is 29.8 Å². The molecule has 2 aromatic heterocycles. The molecule has 5 rings (SSSR count). The number of ketones is 2. The van der Waals surface area contributed by atoms with Gasteiger partial charge in [0.1, 0.15) is 15.6 Å². The molecule has 3 atom stereocenters. The number of Topliss-reactive ketones (excluding diaryl/α,β-unsaturated/α-hetero) is 2. The minimum Gasteiger partial charge on any atom is -0.345 e. The molecule has 7 nitrogen and oxygen atoms in total. The number of amides is 1. The maximum absolute atomic E-state index is 12.8. The minimum absolute atomic E-state index is 0. The lowest BCUT2D eigenvalue weighted by Crippen LogP contribution is -2.27. The number of aromatic nitrogens is 1. The molecule has 0 spiro atoms. The van der Waals surface area contributed by atoms with Crippen molar-refractivity contribution < 1.29 is 28.5 Å². The Bertz CT molecular complexity index is 1800. The topological polar surface area (TPSA) is 110 Å². The predicted octanol–water partition coefficient (Wildman–Crippen LogP) is 10.3. The number of pyridine rings is 1. The van der Waals surface area contributed by atoms with Crippen molar-refractivity contribution in [3.05, 3.63) is 123 Å². The number of sulfone groups is 1. The maximum atomic E-state index is 12.8. The Balaban J connectivity index is 0. The Morgan fingerprint density at radius 3 is 2.15 bits per heavy atom. The van der Waals surface area contributed by atoms with Crippen LogP contribution in [0, 0.1) is 17.8 Å². The Morgan fingerprint density at radius 1 is 0.885 bits per heavy atom. The smallest absolute Gasteiger partial charge is 0.251 e. The van der Waals surface area contributed by atoms with Crippen LogP contribution in [0.15, 0.2) is 89.9 Å². The second-order valence-electron chi connectivity index (χ2n) is 14.5. The van der Waals surface area contributed by atoms with E-state index in [1.165, 1.54) is 37.3 Å². The van der Waals surface area contributed by atoms with E-state index in [4.69, 9.17) is 0 Å². The highest BCUT2D eigenvalue weighted by atomic mass is 32.2. The van der Waals surface area contributed by atoms with Gasteiger partial charge in [-0.15, -0.1) is 0 Å². The molecule has 1 N–H and O–H groups in total. The van der Waals surface area contributed by atoms with Crippen LogP contribution in [0.1, 0.15) is 121 Å². The molecule has 1 fully saturated rings. The van der Waals surface area contributed by atoms with Gasteiger partial charge in [0.25, 0.3) is 5.91 Å². The van der Waals surface area contributed by atoms with Gasteiger partial charge < -0.3 is 5.32 Å². The van der Waals surface area contributed by atoms with E-state index in [0.717, 1.165) is 68.1 Å². The van der Waals surface area contributed by atoms with Crippen molar-refractivity contribution in [2.24, 2.45) is 17.8 Å². The third-order valence-electron chi connectivity index (χ3n) is 9.04. The van der Waals surface area contributed by atoms with Crippen molar-refractivity contribution in [3.63, 3.8) is 0 Å². The molecule has 1 aliphatic rings. The number of thiophene rings is 1. The number of carbonyl (C=O) groups excluding carboxylic acids is 3. The molecule has 0 bridgehead atoms. The Morgan fingerprint density at radius 2 is 1.56 bits per heavy atom. The summed E-state index contributed by atoms with van der Waals surface area (Å²) in [4.78, 5) is 40.8. The van der Waals surface area contributed by atoms with E-state index in [-0.39, 0.29) is 29.4 Å². The van der Waals surface area contributed by atoms with Crippen LogP contribution in [0.25, 0.3) is 0 Å². The molecule has 4 aromatic rings. The molecule has 1 saturated carbocycles. The average molecular weight is 753 g/mol. The summed E-state index contributed by atoms with van der Waals surface area (Å²) in [6, 6.07) is 21.4. The summed E-state index contributed by atoms with van der Waals surface area (Å²) >= 11 is 1.77. The largest absolute Gasteiger partial charge is 0.345 e. The number of nitrogens with one attached hydrogen (secondary N) is 1. The molecule has 1 aliphatic carbocycles. The van der Waals surface area contributed by atoms with Gasteiger partial charge in [-0.1, -0.05) is 63.1 Å². The Labute approximate surface area is 321 Å². The van der Waals surface area contributed by atoms with Gasteiger partial charge in [0.05, 0.1) is 6.04 Å². The minimum atomic E-state index is -2.67. The van der Waals surface area contributed by atoms with Gasteiger partial charge >= 0.3 is 0 Å². The van der Waals surface area contributed by atoms with Gasteiger partial charge in [-0.3, -0.25) is 19.4 Å². The lowest BCUT2D eigenvalue weighted by molar-refractivity contribution is -0.122. The number of hydrogen-bond donors (Lipinski definition) is 1. The Hall–Kier alpha value is -3.95. The molecular formula is C43H64N2O5S2. The number of rotatable bonds is 16. The highest BCUT2D eigenvalue weighted by Crippen LogP contribution is 2.34. The summed E-state index contributed by atoms with van der Waals surface area (Å²) < 4.78 is 19.3. The van der Waals surface area contributed by atoms with Crippen LogP contribution in [0.5, 0.6) is 0 Å². The number of hydrogen-bond acceptors (Lipinski definition) is 7. The van der Waals surface area contributed by atoms with Crippen molar-refractivity contribution in [3.8, 4) is 0 Å². The van der Waals surface area contributed by atoms with Gasteiger partial charge in [-0.25, -0.2) is 8.42 Å². The fraction of sp³-hybridized carbons (Fsp3) is 0.442. The van der Waals surface area contributed by atoms with Crippen LogP contribution >= 0.6 is 11.3 Å². The number of carbonyl (C=O) groups is 3. The molecule has 1 unspecified atom stereocenters. The van der Waals surface area contributed by atoms with Crippen molar-refractivity contribution >= 4 is 38.6 Å². The first kappa shape index (κ1) is 42.5. The molecule has 2 heterocycles. The van der Waals surface area contributed by atoms with E-state index in [9.17, 15) is 22.8 Å². The van der Waals surface area contributed by atoms with Crippen LogP contribution in [0.3, 0.4) is 0 Å². The lowest BCUT2D eigenvalue weighted by Gasteiger charge is -2.15. The van der Waals surface area contributed by atoms with Gasteiger partial charge in [0, 0.05) is 54.1 Å². The van der Waals surface area contributed by atoms with Crippen molar-refractivity contribution in [2.75, 3.05) is 12.5 Å². The first-order valence-corrected chi connectivity index (χ1v) is 21.5. The third kappa shape index (κ3) is 17.5. The first-order chi connectivity index (χ1) is 24.7. The van der Waals surface area contributed by atoms with E-state index in [1.807, 2.05) is 49.4 Å². The molecular weight excluding hydrogens is 689 g/mol. The van der Waals surface area contributed by atoms with Crippen LogP contribution in [-0.2, 0) is 33.9 Å². The fourth-order valence-corrected chi connectivity index (χ4v) is 6.39. The lowest BCUT2D eigenvalue weighted by atomic mass is 9.90. The molecule has 52 heavy (non-hydrogen) atoms. The van der Waals surface area contributed by atoms with Gasteiger partial charge in [0.15, 0.2) is 5.78 Å². The molecule has 1 amide bonds. The highest BCUT2D eigenvalue weighted by molar-refractivity contribution is 7.89. The zero-order valence-electron chi connectivity index (χ0n) is 31.6. The molecule has 2 aromatic carbocycles. The number of aryl methyl sites for hydroxylation is 2. The zero-order chi connectivity index (χ0) is 38.1. The first-order valence-electron chi connectivity index (χ1n) is 18.3.